The predicted molar refractivity (Wildman–Crippen MR) is 109 cm³/mol. The van der Waals surface area contributed by atoms with Crippen LogP contribution in [0.3, 0.4) is 0 Å². The Bertz CT molecular complexity index is 1020. The molecule has 0 aliphatic carbocycles. The van der Waals surface area contributed by atoms with E-state index in [1.165, 1.54) is 17.5 Å². The highest BCUT2D eigenvalue weighted by molar-refractivity contribution is 6.01. The number of fused-ring (bicyclic) bond motifs is 1. The van der Waals surface area contributed by atoms with Crippen molar-refractivity contribution in [3.05, 3.63) is 59.9 Å². The fourth-order valence-electron chi connectivity index (χ4n) is 3.39. The number of nitrogens with one attached hydrogen (secondary N) is 2. The number of benzene rings is 2. The summed E-state index contributed by atoms with van der Waals surface area (Å²) in [6, 6.07) is 12.1. The molecule has 0 radical (unpaired) electrons. The molecule has 28 heavy (non-hydrogen) atoms. The molecule has 2 heterocycles. The zero-order valence-electron chi connectivity index (χ0n) is 15.8. The molecule has 0 saturated carbocycles. The summed E-state index contributed by atoms with van der Waals surface area (Å²) in [7, 11) is 1.81. The normalized spacial score (nSPS) is 14.0. The van der Waals surface area contributed by atoms with Crippen LogP contribution in [0.5, 0.6) is 0 Å². The van der Waals surface area contributed by atoms with Gasteiger partial charge in [-0.1, -0.05) is 30.3 Å². The third-order valence-corrected chi connectivity index (χ3v) is 4.86. The summed E-state index contributed by atoms with van der Waals surface area (Å²) in [5.41, 5.74) is 3.19. The Labute approximate surface area is 163 Å². The number of nitrogens with zero attached hydrogens (tertiary/aromatic N) is 3. The van der Waals surface area contributed by atoms with Gasteiger partial charge in [-0.2, -0.15) is 10.1 Å². The minimum atomic E-state index is -0.0858. The highest BCUT2D eigenvalue weighted by Gasteiger charge is 2.12. The lowest BCUT2D eigenvalue weighted by Crippen LogP contribution is -2.29. The van der Waals surface area contributed by atoms with Crippen molar-refractivity contribution in [1.29, 1.82) is 0 Å². The second-order valence-electron chi connectivity index (χ2n) is 6.69. The van der Waals surface area contributed by atoms with E-state index in [4.69, 9.17) is 4.74 Å². The van der Waals surface area contributed by atoms with Crippen molar-refractivity contribution in [2.75, 3.05) is 31.6 Å². The fraction of sp³-hybridized carbons (Fsp3) is 0.286. The largest absolute Gasteiger partial charge is 0.377 e. The van der Waals surface area contributed by atoms with Crippen LogP contribution >= 0.6 is 0 Å². The average Bonchev–Trinajstić information content (AvgIpc) is 3.15. The lowest BCUT2D eigenvalue weighted by atomic mass is 9.94. The molecule has 7 nitrogen and oxygen atoms in total. The molecule has 0 unspecified atom stereocenters. The lowest BCUT2D eigenvalue weighted by Gasteiger charge is -2.16. The monoisotopic (exact) mass is 377 g/mol. The maximum Gasteiger partial charge on any atom is 0.251 e. The van der Waals surface area contributed by atoms with E-state index in [0.717, 1.165) is 23.8 Å². The van der Waals surface area contributed by atoms with Gasteiger partial charge in [0.2, 0.25) is 5.95 Å². The van der Waals surface area contributed by atoms with Crippen LogP contribution in [0.1, 0.15) is 22.3 Å². The molecule has 1 aromatic heterocycles. The molecule has 1 aliphatic heterocycles. The van der Waals surface area contributed by atoms with E-state index in [1.54, 1.807) is 4.68 Å². The number of anilines is 1. The molecule has 0 atom stereocenters. The molecule has 3 aromatic rings. The van der Waals surface area contributed by atoms with E-state index in [1.807, 2.05) is 37.4 Å². The van der Waals surface area contributed by atoms with Gasteiger partial charge in [-0.15, -0.1) is 0 Å². The van der Waals surface area contributed by atoms with Gasteiger partial charge in [0.15, 0.2) is 0 Å². The van der Waals surface area contributed by atoms with Gasteiger partial charge in [-0.25, -0.2) is 4.68 Å². The van der Waals surface area contributed by atoms with Crippen molar-refractivity contribution in [3.63, 3.8) is 0 Å². The first-order valence-corrected chi connectivity index (χ1v) is 9.38. The molecule has 1 amide bonds. The molecule has 0 saturated heterocycles. The molecule has 4 rings (SSSR count). The van der Waals surface area contributed by atoms with E-state index in [2.05, 4.69) is 32.9 Å². The number of aryl methyl sites for hydroxylation is 1. The first kappa shape index (κ1) is 18.2. The van der Waals surface area contributed by atoms with Gasteiger partial charge in [0.1, 0.15) is 6.33 Å². The van der Waals surface area contributed by atoms with Crippen LogP contribution in [0.15, 0.2) is 48.8 Å². The van der Waals surface area contributed by atoms with Crippen LogP contribution in [0.4, 0.5) is 5.95 Å². The Morgan fingerprint density at radius 1 is 1.25 bits per heavy atom. The minimum absolute atomic E-state index is 0.0858. The number of hydrogen-bond donors (Lipinski definition) is 2. The summed E-state index contributed by atoms with van der Waals surface area (Å²) in [5, 5.41) is 12.3. The van der Waals surface area contributed by atoms with Crippen molar-refractivity contribution in [1.82, 2.24) is 20.1 Å². The zero-order valence-corrected chi connectivity index (χ0v) is 15.8. The molecule has 0 fully saturated rings. The predicted octanol–water partition coefficient (Wildman–Crippen LogP) is 2.61. The Morgan fingerprint density at radius 2 is 2.18 bits per heavy atom. The second-order valence-corrected chi connectivity index (χ2v) is 6.69. The average molecular weight is 377 g/mol. The van der Waals surface area contributed by atoms with Gasteiger partial charge >= 0.3 is 0 Å². The van der Waals surface area contributed by atoms with Crippen molar-refractivity contribution in [2.24, 2.45) is 7.05 Å². The Balaban J connectivity index is 1.43. The number of ether oxygens (including phenoxy) is 1. The van der Waals surface area contributed by atoms with E-state index < -0.39 is 0 Å². The maximum absolute atomic E-state index is 12.5. The topological polar surface area (TPSA) is 81.1 Å². The summed E-state index contributed by atoms with van der Waals surface area (Å²) < 4.78 is 7.07. The van der Waals surface area contributed by atoms with Crippen LogP contribution in [0, 0.1) is 0 Å². The van der Waals surface area contributed by atoms with Gasteiger partial charge in [0.05, 0.1) is 13.2 Å². The van der Waals surface area contributed by atoms with E-state index in [-0.39, 0.29) is 5.91 Å². The molecule has 2 N–H and O–H groups in total. The number of hydrogen-bond acceptors (Lipinski definition) is 5. The van der Waals surface area contributed by atoms with Gasteiger partial charge in [0, 0.05) is 25.7 Å². The third-order valence-electron chi connectivity index (χ3n) is 4.86. The molecule has 7 heteroatoms. The van der Waals surface area contributed by atoms with E-state index in [0.29, 0.717) is 31.2 Å². The van der Waals surface area contributed by atoms with Crippen LogP contribution in [-0.4, -0.2) is 47.0 Å². The first-order chi connectivity index (χ1) is 13.7. The van der Waals surface area contributed by atoms with E-state index in [9.17, 15) is 4.79 Å². The highest BCUT2D eigenvalue weighted by Crippen LogP contribution is 2.29. The number of rotatable bonds is 6. The molecule has 2 aromatic carbocycles. The molecule has 0 bridgehead atoms. The van der Waals surface area contributed by atoms with Crippen LogP contribution < -0.4 is 10.6 Å². The van der Waals surface area contributed by atoms with Crippen molar-refractivity contribution in [2.45, 2.75) is 6.42 Å². The summed E-state index contributed by atoms with van der Waals surface area (Å²) >= 11 is 0. The zero-order chi connectivity index (χ0) is 19.3. The summed E-state index contributed by atoms with van der Waals surface area (Å²) in [6.07, 6.45) is 4.55. The van der Waals surface area contributed by atoms with Crippen LogP contribution in [0.25, 0.3) is 16.3 Å². The van der Waals surface area contributed by atoms with Gasteiger partial charge in [-0.05, 0) is 40.5 Å². The Morgan fingerprint density at radius 3 is 2.96 bits per heavy atom. The summed E-state index contributed by atoms with van der Waals surface area (Å²) in [5.74, 6) is 0.590. The molecule has 0 spiro atoms. The van der Waals surface area contributed by atoms with Gasteiger partial charge < -0.3 is 15.4 Å². The molecular formula is C21H23N5O2. The first-order valence-electron chi connectivity index (χ1n) is 9.38. The molecule has 144 valence electrons. The smallest absolute Gasteiger partial charge is 0.251 e. The minimum Gasteiger partial charge on any atom is -0.377 e. The number of carbonyl (C=O) groups excluding carboxylic acids is 1. The van der Waals surface area contributed by atoms with Crippen molar-refractivity contribution >= 4 is 28.2 Å². The molecular weight excluding hydrogens is 354 g/mol. The second kappa shape index (κ2) is 8.22. The number of amides is 1. The Hall–Kier alpha value is -3.19. The maximum atomic E-state index is 12.5. The van der Waals surface area contributed by atoms with Crippen LogP contribution in [0.2, 0.25) is 0 Å². The van der Waals surface area contributed by atoms with Crippen molar-refractivity contribution < 1.29 is 9.53 Å². The fourth-order valence-corrected chi connectivity index (χ4v) is 3.39. The van der Waals surface area contributed by atoms with Gasteiger partial charge in [-0.3, -0.25) is 4.79 Å². The highest BCUT2D eigenvalue weighted by atomic mass is 16.5. The third kappa shape index (κ3) is 3.89. The van der Waals surface area contributed by atoms with Gasteiger partial charge in [0.25, 0.3) is 5.91 Å². The van der Waals surface area contributed by atoms with Crippen LogP contribution in [-0.2, 0) is 11.8 Å². The summed E-state index contributed by atoms with van der Waals surface area (Å²) in [4.78, 5) is 16.6. The van der Waals surface area contributed by atoms with E-state index >= 15 is 0 Å². The SMILES string of the molecule is Cn1ncnc1NCCNC(=O)c1ccc2c(C3=CCOCC3)cccc2c1. The number of carbonyl (C=O) groups is 1. The quantitative estimate of drug-likeness (QED) is 0.646. The lowest BCUT2D eigenvalue weighted by molar-refractivity contribution is 0.0955. The van der Waals surface area contributed by atoms with Crippen molar-refractivity contribution in [3.8, 4) is 0 Å². The summed E-state index contributed by atoms with van der Waals surface area (Å²) in [6.45, 7) is 2.49. The number of aromatic nitrogens is 3. The molecule has 1 aliphatic rings. The Kier molecular flexibility index (Phi) is 5.34. The standard InChI is InChI=1S/C21H23N5O2/c1-26-21(24-14-25-26)23-10-9-22-20(27)17-5-6-19-16(13-17)3-2-4-18(19)15-7-11-28-12-8-15/h2-7,13-14H,8-12H2,1H3,(H,22,27)(H,23,24,25).